The van der Waals surface area contributed by atoms with E-state index in [0.717, 1.165) is 22.3 Å². The standard InChI is InChI=1S/C24H28N2O2/c25-23(21-7-3-1-4-8-21)17-27-15-19-11-13-20(14-12-19)16-28-18-24(26)22-9-5-2-6-10-22/h1-14,23-24H,15-18,25-26H2/t23-,24-/m1/s1. The van der Waals surface area contributed by atoms with Crippen LogP contribution >= 0.6 is 0 Å². The molecule has 0 aromatic heterocycles. The minimum absolute atomic E-state index is 0.109. The van der Waals surface area contributed by atoms with Gasteiger partial charge in [-0.15, -0.1) is 0 Å². The Hall–Kier alpha value is -2.50. The maximum atomic E-state index is 6.15. The van der Waals surface area contributed by atoms with Crippen molar-refractivity contribution in [2.45, 2.75) is 25.3 Å². The quantitative estimate of drug-likeness (QED) is 0.558. The van der Waals surface area contributed by atoms with Crippen LogP contribution in [0.5, 0.6) is 0 Å². The van der Waals surface area contributed by atoms with E-state index in [4.69, 9.17) is 20.9 Å². The first kappa shape index (κ1) is 20.2. The van der Waals surface area contributed by atoms with Gasteiger partial charge in [0.05, 0.1) is 38.5 Å². The zero-order chi connectivity index (χ0) is 19.6. The summed E-state index contributed by atoms with van der Waals surface area (Å²) in [7, 11) is 0. The molecule has 0 amide bonds. The summed E-state index contributed by atoms with van der Waals surface area (Å²) < 4.78 is 11.5. The molecule has 0 radical (unpaired) electrons. The lowest BCUT2D eigenvalue weighted by Gasteiger charge is -2.13. The normalized spacial score (nSPS) is 13.2. The van der Waals surface area contributed by atoms with Crippen LogP contribution in [0.15, 0.2) is 84.9 Å². The summed E-state index contributed by atoms with van der Waals surface area (Å²) in [6, 6.07) is 28.0. The first-order valence-corrected chi connectivity index (χ1v) is 9.57. The van der Waals surface area contributed by atoms with Crippen molar-refractivity contribution >= 4 is 0 Å². The third-order valence-electron chi connectivity index (χ3n) is 4.61. The van der Waals surface area contributed by atoms with Crippen LogP contribution in [0.2, 0.25) is 0 Å². The maximum absolute atomic E-state index is 6.15. The molecule has 0 spiro atoms. The third-order valence-corrected chi connectivity index (χ3v) is 4.61. The largest absolute Gasteiger partial charge is 0.375 e. The Morgan fingerprint density at radius 1 is 0.536 bits per heavy atom. The first-order chi connectivity index (χ1) is 13.7. The topological polar surface area (TPSA) is 70.5 Å². The second-order valence-corrected chi connectivity index (χ2v) is 6.88. The van der Waals surface area contributed by atoms with Crippen LogP contribution in [0.1, 0.15) is 34.3 Å². The molecule has 4 nitrogen and oxygen atoms in total. The molecule has 3 rings (SSSR count). The molecule has 0 heterocycles. The van der Waals surface area contributed by atoms with Crippen molar-refractivity contribution in [1.29, 1.82) is 0 Å². The second-order valence-electron chi connectivity index (χ2n) is 6.88. The molecule has 0 unspecified atom stereocenters. The van der Waals surface area contributed by atoms with Gasteiger partial charge >= 0.3 is 0 Å². The molecule has 0 aliphatic carbocycles. The Labute approximate surface area is 167 Å². The highest BCUT2D eigenvalue weighted by Crippen LogP contribution is 2.13. The second kappa shape index (κ2) is 10.7. The number of ether oxygens (including phenoxy) is 2. The summed E-state index contributed by atoms with van der Waals surface area (Å²) in [4.78, 5) is 0. The monoisotopic (exact) mass is 376 g/mol. The number of hydrogen-bond donors (Lipinski definition) is 2. The van der Waals surface area contributed by atoms with E-state index in [1.807, 2.05) is 60.7 Å². The molecule has 146 valence electrons. The fraction of sp³-hybridized carbons (Fsp3) is 0.250. The highest BCUT2D eigenvalue weighted by Gasteiger charge is 2.07. The molecular formula is C24H28N2O2. The molecule has 0 aliphatic rings. The zero-order valence-electron chi connectivity index (χ0n) is 16.0. The van der Waals surface area contributed by atoms with E-state index in [1.165, 1.54) is 0 Å². The van der Waals surface area contributed by atoms with Gasteiger partial charge in [-0.2, -0.15) is 0 Å². The molecule has 0 bridgehead atoms. The third kappa shape index (κ3) is 6.29. The average Bonchev–Trinajstić information content (AvgIpc) is 2.76. The molecule has 0 saturated carbocycles. The lowest BCUT2D eigenvalue weighted by molar-refractivity contribution is 0.106. The van der Waals surface area contributed by atoms with E-state index in [1.54, 1.807) is 0 Å². The maximum Gasteiger partial charge on any atom is 0.0717 e. The van der Waals surface area contributed by atoms with Crippen molar-refractivity contribution in [2.75, 3.05) is 13.2 Å². The predicted molar refractivity (Wildman–Crippen MR) is 112 cm³/mol. The SMILES string of the molecule is N[C@H](COCc1ccc(COC[C@@H](N)c2ccccc2)cc1)c1ccccc1. The lowest BCUT2D eigenvalue weighted by atomic mass is 10.1. The van der Waals surface area contributed by atoms with Crippen LogP contribution in [0.25, 0.3) is 0 Å². The molecule has 3 aromatic rings. The van der Waals surface area contributed by atoms with Crippen molar-refractivity contribution in [2.24, 2.45) is 11.5 Å². The Bertz CT molecular complexity index is 737. The average molecular weight is 376 g/mol. The van der Waals surface area contributed by atoms with Gasteiger partial charge in [0.1, 0.15) is 0 Å². The fourth-order valence-corrected chi connectivity index (χ4v) is 2.93. The Morgan fingerprint density at radius 2 is 0.893 bits per heavy atom. The predicted octanol–water partition coefficient (Wildman–Crippen LogP) is 4.12. The van der Waals surface area contributed by atoms with E-state index in [-0.39, 0.29) is 12.1 Å². The van der Waals surface area contributed by atoms with Gasteiger partial charge in [0, 0.05) is 0 Å². The van der Waals surface area contributed by atoms with Crippen molar-refractivity contribution < 1.29 is 9.47 Å². The van der Waals surface area contributed by atoms with Crippen molar-refractivity contribution in [3.63, 3.8) is 0 Å². The van der Waals surface area contributed by atoms with Gasteiger partial charge in [0.15, 0.2) is 0 Å². The number of nitrogens with two attached hydrogens (primary N) is 2. The molecule has 0 fully saturated rings. The van der Waals surface area contributed by atoms with Crippen molar-refractivity contribution in [3.05, 3.63) is 107 Å². The summed E-state index contributed by atoms with van der Waals surface area (Å²) in [6.07, 6.45) is 0. The summed E-state index contributed by atoms with van der Waals surface area (Å²) in [6.45, 7) is 2.07. The zero-order valence-corrected chi connectivity index (χ0v) is 16.0. The summed E-state index contributed by atoms with van der Waals surface area (Å²) >= 11 is 0. The smallest absolute Gasteiger partial charge is 0.0717 e. The fourth-order valence-electron chi connectivity index (χ4n) is 2.93. The van der Waals surface area contributed by atoms with Gasteiger partial charge in [-0.05, 0) is 22.3 Å². The molecule has 28 heavy (non-hydrogen) atoms. The highest BCUT2D eigenvalue weighted by molar-refractivity contribution is 5.22. The summed E-state index contributed by atoms with van der Waals surface area (Å²) in [5.41, 5.74) is 16.7. The van der Waals surface area contributed by atoms with E-state index >= 15 is 0 Å². The highest BCUT2D eigenvalue weighted by atomic mass is 16.5. The van der Waals surface area contributed by atoms with Crippen LogP contribution in [-0.2, 0) is 22.7 Å². The summed E-state index contributed by atoms with van der Waals surface area (Å²) in [5.74, 6) is 0. The van der Waals surface area contributed by atoms with E-state index < -0.39 is 0 Å². The first-order valence-electron chi connectivity index (χ1n) is 9.57. The lowest BCUT2D eigenvalue weighted by Crippen LogP contribution is -2.17. The van der Waals surface area contributed by atoms with Crippen LogP contribution in [0, 0.1) is 0 Å². The molecular weight excluding hydrogens is 348 g/mol. The van der Waals surface area contributed by atoms with E-state index in [0.29, 0.717) is 26.4 Å². The van der Waals surface area contributed by atoms with Crippen LogP contribution < -0.4 is 11.5 Å². The molecule has 0 aliphatic heterocycles. The van der Waals surface area contributed by atoms with Gasteiger partial charge in [-0.3, -0.25) is 0 Å². The van der Waals surface area contributed by atoms with Crippen LogP contribution in [0.3, 0.4) is 0 Å². The van der Waals surface area contributed by atoms with E-state index in [9.17, 15) is 0 Å². The Balaban J connectivity index is 1.37. The van der Waals surface area contributed by atoms with Gasteiger partial charge in [0.25, 0.3) is 0 Å². The van der Waals surface area contributed by atoms with Crippen molar-refractivity contribution in [3.8, 4) is 0 Å². The van der Waals surface area contributed by atoms with Gasteiger partial charge < -0.3 is 20.9 Å². The Kier molecular flexibility index (Phi) is 7.76. The molecule has 4 N–H and O–H groups in total. The van der Waals surface area contributed by atoms with Gasteiger partial charge in [0.2, 0.25) is 0 Å². The van der Waals surface area contributed by atoms with Gasteiger partial charge in [-0.25, -0.2) is 0 Å². The van der Waals surface area contributed by atoms with Crippen LogP contribution in [0.4, 0.5) is 0 Å². The van der Waals surface area contributed by atoms with Gasteiger partial charge in [-0.1, -0.05) is 84.9 Å². The molecule has 0 saturated heterocycles. The minimum atomic E-state index is -0.109. The minimum Gasteiger partial charge on any atom is -0.375 e. The Morgan fingerprint density at radius 3 is 1.25 bits per heavy atom. The summed E-state index contributed by atoms with van der Waals surface area (Å²) in [5, 5.41) is 0. The molecule has 2 atom stereocenters. The molecule has 4 heteroatoms. The van der Waals surface area contributed by atoms with E-state index in [2.05, 4.69) is 24.3 Å². The van der Waals surface area contributed by atoms with Crippen molar-refractivity contribution in [1.82, 2.24) is 0 Å². The molecule has 3 aromatic carbocycles. The number of hydrogen-bond acceptors (Lipinski definition) is 4. The number of rotatable bonds is 10. The van der Waals surface area contributed by atoms with Crippen LogP contribution in [-0.4, -0.2) is 13.2 Å². The number of benzene rings is 3.